The predicted octanol–water partition coefficient (Wildman–Crippen LogP) is 4.24. The highest BCUT2D eigenvalue weighted by Crippen LogP contribution is 2.33. The number of rotatable bonds is 3. The van der Waals surface area contributed by atoms with Gasteiger partial charge >= 0.3 is 6.36 Å². The van der Waals surface area contributed by atoms with Gasteiger partial charge in [0, 0.05) is 10.0 Å². The van der Waals surface area contributed by atoms with Crippen LogP contribution >= 0.6 is 15.9 Å². The molecule has 0 aliphatic heterocycles. The van der Waals surface area contributed by atoms with Gasteiger partial charge in [-0.05, 0) is 29.8 Å². The van der Waals surface area contributed by atoms with Gasteiger partial charge in [-0.1, -0.05) is 28.1 Å². The van der Waals surface area contributed by atoms with Gasteiger partial charge in [0.2, 0.25) is 0 Å². The molecular weight excluding hydrogens is 370 g/mol. The van der Waals surface area contributed by atoms with Gasteiger partial charge in [0.1, 0.15) is 5.75 Å². The van der Waals surface area contributed by atoms with Crippen molar-refractivity contribution < 1.29 is 27.4 Å². The largest absolute Gasteiger partial charge is 0.573 e. The third-order valence-electron chi connectivity index (χ3n) is 2.87. The average Bonchev–Trinajstić information content (AvgIpc) is 2.41. The molecule has 8 heteroatoms. The number of hydrogen-bond acceptors (Lipinski definition) is 3. The molecule has 3 N–H and O–H groups in total. The van der Waals surface area contributed by atoms with Gasteiger partial charge in [-0.2, -0.15) is 0 Å². The van der Waals surface area contributed by atoms with Gasteiger partial charge in [-0.25, -0.2) is 4.39 Å². The minimum absolute atomic E-state index is 0.108. The monoisotopic (exact) mass is 379 g/mol. The van der Waals surface area contributed by atoms with Gasteiger partial charge in [0.05, 0.1) is 6.04 Å². The van der Waals surface area contributed by atoms with Crippen molar-refractivity contribution in [2.75, 3.05) is 0 Å². The standard InChI is InChI=1S/C14H10BrF4NO2/c15-8-5-10(13(21)11(16)6-8)12(20)7-1-3-9(4-2-7)22-14(17,18)19/h1-6,12,21H,20H2/t12-/m1/s1. The molecule has 22 heavy (non-hydrogen) atoms. The Bertz CT molecular complexity index is 674. The Morgan fingerprint density at radius 2 is 1.73 bits per heavy atom. The third-order valence-corrected chi connectivity index (χ3v) is 3.32. The van der Waals surface area contributed by atoms with Crippen molar-refractivity contribution in [2.45, 2.75) is 12.4 Å². The van der Waals surface area contributed by atoms with Crippen LogP contribution in [0.3, 0.4) is 0 Å². The van der Waals surface area contributed by atoms with Crippen LogP contribution < -0.4 is 10.5 Å². The van der Waals surface area contributed by atoms with Crippen molar-refractivity contribution in [2.24, 2.45) is 5.73 Å². The number of nitrogens with two attached hydrogens (primary N) is 1. The summed E-state index contributed by atoms with van der Waals surface area (Å²) in [4.78, 5) is 0. The molecule has 0 bridgehead atoms. The second kappa shape index (κ2) is 6.13. The van der Waals surface area contributed by atoms with Crippen LogP contribution in [-0.4, -0.2) is 11.5 Å². The zero-order valence-corrected chi connectivity index (χ0v) is 12.5. The molecule has 2 rings (SSSR count). The summed E-state index contributed by atoms with van der Waals surface area (Å²) in [6, 6.07) is 6.40. The molecule has 0 aliphatic rings. The summed E-state index contributed by atoms with van der Waals surface area (Å²) < 4.78 is 53.9. The van der Waals surface area contributed by atoms with Gasteiger partial charge in [-0.15, -0.1) is 13.2 Å². The van der Waals surface area contributed by atoms with E-state index in [-0.39, 0.29) is 5.56 Å². The van der Waals surface area contributed by atoms with E-state index in [1.165, 1.54) is 18.2 Å². The fraction of sp³-hybridized carbons (Fsp3) is 0.143. The summed E-state index contributed by atoms with van der Waals surface area (Å²) in [6.45, 7) is 0. The predicted molar refractivity (Wildman–Crippen MR) is 74.9 cm³/mol. The molecule has 3 nitrogen and oxygen atoms in total. The van der Waals surface area contributed by atoms with Gasteiger partial charge in [-0.3, -0.25) is 0 Å². The van der Waals surface area contributed by atoms with Gasteiger partial charge in [0.25, 0.3) is 0 Å². The molecule has 0 amide bonds. The Labute approximate surface area is 131 Å². The summed E-state index contributed by atoms with van der Waals surface area (Å²) >= 11 is 3.08. The summed E-state index contributed by atoms with van der Waals surface area (Å²) in [5.41, 5.74) is 6.42. The zero-order valence-electron chi connectivity index (χ0n) is 10.9. The SMILES string of the molecule is N[C@H](c1ccc(OC(F)(F)F)cc1)c1cc(Br)cc(F)c1O. The first-order valence-corrected chi connectivity index (χ1v) is 6.76. The van der Waals surface area contributed by atoms with Crippen LogP contribution in [0, 0.1) is 5.82 Å². The van der Waals surface area contributed by atoms with E-state index in [0.717, 1.165) is 18.2 Å². The maximum absolute atomic E-state index is 13.5. The number of alkyl halides is 3. The summed E-state index contributed by atoms with van der Waals surface area (Å²) in [6.07, 6.45) is -4.78. The fourth-order valence-corrected chi connectivity index (χ4v) is 2.33. The molecule has 2 aromatic carbocycles. The average molecular weight is 380 g/mol. The van der Waals surface area contributed by atoms with Crippen molar-refractivity contribution in [3.05, 3.63) is 57.8 Å². The highest BCUT2D eigenvalue weighted by Gasteiger charge is 2.31. The molecule has 0 saturated carbocycles. The van der Waals surface area contributed by atoms with Crippen LogP contribution in [0.15, 0.2) is 40.9 Å². The Morgan fingerprint density at radius 3 is 2.27 bits per heavy atom. The molecule has 0 unspecified atom stereocenters. The molecule has 0 aromatic heterocycles. The highest BCUT2D eigenvalue weighted by atomic mass is 79.9. The molecular formula is C14H10BrF4NO2. The highest BCUT2D eigenvalue weighted by molar-refractivity contribution is 9.10. The number of benzene rings is 2. The lowest BCUT2D eigenvalue weighted by atomic mass is 9.98. The Hall–Kier alpha value is -1.80. The maximum Gasteiger partial charge on any atom is 0.573 e. The molecule has 0 saturated heterocycles. The number of ether oxygens (including phenoxy) is 1. The molecule has 0 spiro atoms. The smallest absolute Gasteiger partial charge is 0.505 e. The van der Waals surface area contributed by atoms with Crippen molar-refractivity contribution in [1.29, 1.82) is 0 Å². The van der Waals surface area contributed by atoms with Crippen LogP contribution in [0.25, 0.3) is 0 Å². The van der Waals surface area contributed by atoms with Gasteiger partial charge in [0.15, 0.2) is 11.6 Å². The lowest BCUT2D eigenvalue weighted by molar-refractivity contribution is -0.274. The normalized spacial score (nSPS) is 13.0. The summed E-state index contributed by atoms with van der Waals surface area (Å²) in [7, 11) is 0. The lowest BCUT2D eigenvalue weighted by Crippen LogP contribution is -2.17. The Balaban J connectivity index is 2.29. The van der Waals surface area contributed by atoms with Crippen LogP contribution in [0.5, 0.6) is 11.5 Å². The van der Waals surface area contributed by atoms with Crippen LogP contribution in [0.1, 0.15) is 17.2 Å². The third kappa shape index (κ3) is 3.89. The van der Waals surface area contributed by atoms with Crippen LogP contribution in [0.4, 0.5) is 17.6 Å². The Kier molecular flexibility index (Phi) is 4.62. The van der Waals surface area contributed by atoms with E-state index >= 15 is 0 Å². The van der Waals surface area contributed by atoms with Gasteiger partial charge < -0.3 is 15.6 Å². The van der Waals surface area contributed by atoms with E-state index in [9.17, 15) is 22.7 Å². The van der Waals surface area contributed by atoms with E-state index < -0.39 is 29.7 Å². The van der Waals surface area contributed by atoms with E-state index in [4.69, 9.17) is 5.73 Å². The number of phenols is 1. The molecule has 0 aliphatic carbocycles. The second-order valence-corrected chi connectivity index (χ2v) is 5.34. The number of halogens is 5. The molecule has 0 fully saturated rings. The Morgan fingerprint density at radius 1 is 1.14 bits per heavy atom. The van der Waals surface area contributed by atoms with Crippen molar-refractivity contribution in [3.8, 4) is 11.5 Å². The zero-order chi connectivity index (χ0) is 16.5. The minimum Gasteiger partial charge on any atom is -0.505 e. The first kappa shape index (κ1) is 16.6. The number of hydrogen-bond donors (Lipinski definition) is 2. The first-order chi connectivity index (χ1) is 10.2. The lowest BCUT2D eigenvalue weighted by Gasteiger charge is -2.16. The van der Waals surface area contributed by atoms with Crippen molar-refractivity contribution in [1.82, 2.24) is 0 Å². The molecule has 0 radical (unpaired) electrons. The molecule has 0 heterocycles. The summed E-state index contributed by atoms with van der Waals surface area (Å²) in [5, 5.41) is 9.71. The van der Waals surface area contributed by atoms with Crippen molar-refractivity contribution in [3.63, 3.8) is 0 Å². The van der Waals surface area contributed by atoms with E-state index in [1.54, 1.807) is 0 Å². The molecule has 2 aromatic rings. The van der Waals surface area contributed by atoms with E-state index in [2.05, 4.69) is 20.7 Å². The quantitative estimate of drug-likeness (QED) is 0.784. The van der Waals surface area contributed by atoms with E-state index in [1.807, 2.05) is 0 Å². The first-order valence-electron chi connectivity index (χ1n) is 5.96. The summed E-state index contributed by atoms with van der Waals surface area (Å²) in [5.74, 6) is -1.85. The second-order valence-electron chi connectivity index (χ2n) is 4.42. The van der Waals surface area contributed by atoms with E-state index in [0.29, 0.717) is 10.0 Å². The molecule has 1 atom stereocenters. The number of aromatic hydroxyl groups is 1. The van der Waals surface area contributed by atoms with Crippen LogP contribution in [-0.2, 0) is 0 Å². The van der Waals surface area contributed by atoms with Crippen molar-refractivity contribution >= 4 is 15.9 Å². The minimum atomic E-state index is -4.78. The maximum atomic E-state index is 13.5. The fourth-order valence-electron chi connectivity index (χ4n) is 1.88. The van der Waals surface area contributed by atoms with Crippen LogP contribution in [0.2, 0.25) is 0 Å². The molecule has 118 valence electrons. The topological polar surface area (TPSA) is 55.5 Å². The number of phenolic OH excluding ortho intramolecular Hbond substituents is 1.